The zero-order valence-corrected chi connectivity index (χ0v) is 13.8. The fourth-order valence-electron chi connectivity index (χ4n) is 2.53. The van der Waals surface area contributed by atoms with Crippen LogP contribution in [-0.4, -0.2) is 36.2 Å². The molecule has 0 unspecified atom stereocenters. The van der Waals surface area contributed by atoms with Gasteiger partial charge in [0.15, 0.2) is 0 Å². The van der Waals surface area contributed by atoms with E-state index in [-0.39, 0.29) is 10.7 Å². The number of carbonyl (C=O) groups is 1. The standard InChI is InChI=1S/C16H24N2O2S/c1-4-20-15(19)12-6-5-7-13(17)14(12)18-9-8-16(2,3)21-11-10-18/h5-7H,4,8-11,17H2,1-3H3. The second-order valence-corrected chi connectivity index (χ2v) is 7.61. The third-order valence-corrected chi connectivity index (χ3v) is 5.09. The zero-order chi connectivity index (χ0) is 15.5. The third kappa shape index (κ3) is 3.84. The Kier molecular flexibility index (Phi) is 5.04. The summed E-state index contributed by atoms with van der Waals surface area (Å²) in [6.07, 6.45) is 1.06. The van der Waals surface area contributed by atoms with E-state index in [4.69, 9.17) is 10.5 Å². The summed E-state index contributed by atoms with van der Waals surface area (Å²) in [5.41, 5.74) is 8.19. The van der Waals surface area contributed by atoms with Crippen molar-refractivity contribution in [2.75, 3.05) is 36.1 Å². The number of ether oxygens (including phenoxy) is 1. The van der Waals surface area contributed by atoms with Crippen LogP contribution in [0, 0.1) is 0 Å². The maximum atomic E-state index is 12.2. The average Bonchev–Trinajstić information content (AvgIpc) is 2.60. The molecule has 1 aromatic rings. The lowest BCUT2D eigenvalue weighted by molar-refractivity contribution is 0.0527. The van der Waals surface area contributed by atoms with Crippen molar-refractivity contribution in [1.29, 1.82) is 0 Å². The molecular formula is C16H24N2O2S. The van der Waals surface area contributed by atoms with Gasteiger partial charge in [-0.1, -0.05) is 19.9 Å². The van der Waals surface area contributed by atoms with Crippen LogP contribution in [0.15, 0.2) is 18.2 Å². The molecule has 0 bridgehead atoms. The first kappa shape index (κ1) is 16.0. The van der Waals surface area contributed by atoms with Crippen molar-refractivity contribution in [3.63, 3.8) is 0 Å². The van der Waals surface area contributed by atoms with E-state index >= 15 is 0 Å². The molecule has 2 rings (SSSR count). The minimum absolute atomic E-state index is 0.266. The highest BCUT2D eigenvalue weighted by Gasteiger charge is 2.27. The van der Waals surface area contributed by atoms with Gasteiger partial charge in [0, 0.05) is 23.6 Å². The van der Waals surface area contributed by atoms with Gasteiger partial charge in [-0.3, -0.25) is 0 Å². The summed E-state index contributed by atoms with van der Waals surface area (Å²) >= 11 is 1.97. The van der Waals surface area contributed by atoms with E-state index in [0.717, 1.165) is 31.0 Å². The number of esters is 1. The van der Waals surface area contributed by atoms with Gasteiger partial charge >= 0.3 is 5.97 Å². The van der Waals surface area contributed by atoms with E-state index < -0.39 is 0 Å². The van der Waals surface area contributed by atoms with Crippen molar-refractivity contribution >= 4 is 29.1 Å². The summed E-state index contributed by atoms with van der Waals surface area (Å²) < 4.78 is 5.43. The first-order chi connectivity index (χ1) is 9.94. The molecule has 0 amide bonds. The first-order valence-corrected chi connectivity index (χ1v) is 8.37. The maximum absolute atomic E-state index is 12.2. The van der Waals surface area contributed by atoms with Crippen molar-refractivity contribution in [2.24, 2.45) is 0 Å². The summed E-state index contributed by atoms with van der Waals surface area (Å²) in [6, 6.07) is 5.45. The number of para-hydroxylation sites is 1. The van der Waals surface area contributed by atoms with Crippen LogP contribution in [0.5, 0.6) is 0 Å². The zero-order valence-electron chi connectivity index (χ0n) is 13.0. The van der Waals surface area contributed by atoms with E-state index in [1.54, 1.807) is 6.07 Å². The highest BCUT2D eigenvalue weighted by Crippen LogP contribution is 2.35. The van der Waals surface area contributed by atoms with Crippen molar-refractivity contribution < 1.29 is 9.53 Å². The van der Waals surface area contributed by atoms with Gasteiger partial charge in [-0.2, -0.15) is 11.8 Å². The Hall–Kier alpha value is -1.36. The average molecular weight is 308 g/mol. The molecule has 1 heterocycles. The number of anilines is 2. The van der Waals surface area contributed by atoms with Crippen LogP contribution in [0.25, 0.3) is 0 Å². The largest absolute Gasteiger partial charge is 0.462 e. The number of hydrogen-bond acceptors (Lipinski definition) is 5. The second-order valence-electron chi connectivity index (χ2n) is 5.81. The minimum Gasteiger partial charge on any atom is -0.462 e. The topological polar surface area (TPSA) is 55.6 Å². The molecule has 1 saturated heterocycles. The fraction of sp³-hybridized carbons (Fsp3) is 0.562. The number of hydrogen-bond donors (Lipinski definition) is 1. The quantitative estimate of drug-likeness (QED) is 0.686. The molecular weight excluding hydrogens is 284 g/mol. The smallest absolute Gasteiger partial charge is 0.340 e. The number of nitrogen functional groups attached to an aromatic ring is 1. The summed E-state index contributed by atoms with van der Waals surface area (Å²) in [5, 5.41) is 0. The lowest BCUT2D eigenvalue weighted by atomic mass is 10.1. The van der Waals surface area contributed by atoms with Gasteiger partial charge in [0.25, 0.3) is 0 Å². The Morgan fingerprint density at radius 1 is 1.43 bits per heavy atom. The van der Waals surface area contributed by atoms with Crippen LogP contribution < -0.4 is 10.6 Å². The van der Waals surface area contributed by atoms with Crippen LogP contribution in [0.3, 0.4) is 0 Å². The second kappa shape index (κ2) is 6.60. The molecule has 5 heteroatoms. The van der Waals surface area contributed by atoms with E-state index in [2.05, 4.69) is 18.7 Å². The third-order valence-electron chi connectivity index (χ3n) is 3.72. The Labute approximate surface area is 131 Å². The van der Waals surface area contributed by atoms with Gasteiger partial charge in [0.1, 0.15) is 0 Å². The SMILES string of the molecule is CCOC(=O)c1cccc(N)c1N1CCSC(C)(C)CC1. The van der Waals surface area contributed by atoms with Gasteiger partial charge < -0.3 is 15.4 Å². The summed E-state index contributed by atoms with van der Waals surface area (Å²) in [5.74, 6) is 0.736. The monoisotopic (exact) mass is 308 g/mol. The fourth-order valence-corrected chi connectivity index (χ4v) is 3.63. The highest BCUT2D eigenvalue weighted by molar-refractivity contribution is 8.00. The number of benzene rings is 1. The van der Waals surface area contributed by atoms with E-state index in [9.17, 15) is 4.79 Å². The Morgan fingerprint density at radius 3 is 2.90 bits per heavy atom. The molecule has 0 radical (unpaired) electrons. The first-order valence-electron chi connectivity index (χ1n) is 7.39. The summed E-state index contributed by atoms with van der Waals surface area (Å²) in [7, 11) is 0. The van der Waals surface area contributed by atoms with Crippen molar-refractivity contribution in [3.05, 3.63) is 23.8 Å². The van der Waals surface area contributed by atoms with E-state index in [0.29, 0.717) is 17.9 Å². The van der Waals surface area contributed by atoms with Gasteiger partial charge in [0.05, 0.1) is 23.5 Å². The minimum atomic E-state index is -0.295. The predicted octanol–water partition coefficient (Wildman–Crippen LogP) is 3.17. The maximum Gasteiger partial charge on any atom is 0.340 e. The number of carbonyl (C=O) groups excluding carboxylic acids is 1. The molecule has 0 saturated carbocycles. The highest BCUT2D eigenvalue weighted by atomic mass is 32.2. The number of nitrogens with zero attached hydrogens (tertiary/aromatic N) is 1. The molecule has 0 atom stereocenters. The van der Waals surface area contributed by atoms with Crippen molar-refractivity contribution in [2.45, 2.75) is 31.9 Å². The molecule has 0 aliphatic carbocycles. The van der Waals surface area contributed by atoms with Crippen molar-refractivity contribution in [1.82, 2.24) is 0 Å². The molecule has 1 aliphatic heterocycles. The predicted molar refractivity (Wildman–Crippen MR) is 90.2 cm³/mol. The Bertz CT molecular complexity index is 517. The summed E-state index contributed by atoms with van der Waals surface area (Å²) in [4.78, 5) is 14.4. The molecule has 2 N–H and O–H groups in total. The number of rotatable bonds is 3. The summed E-state index contributed by atoms with van der Waals surface area (Å²) in [6.45, 7) is 8.52. The van der Waals surface area contributed by atoms with Gasteiger partial charge in [0.2, 0.25) is 0 Å². The lowest BCUT2D eigenvalue weighted by Crippen LogP contribution is -2.29. The van der Waals surface area contributed by atoms with Gasteiger partial charge in [-0.15, -0.1) is 0 Å². The van der Waals surface area contributed by atoms with Crippen LogP contribution in [0.2, 0.25) is 0 Å². The van der Waals surface area contributed by atoms with Crippen LogP contribution in [-0.2, 0) is 4.74 Å². The van der Waals surface area contributed by atoms with Crippen LogP contribution >= 0.6 is 11.8 Å². The molecule has 1 fully saturated rings. The molecule has 0 spiro atoms. The van der Waals surface area contributed by atoms with Crippen LogP contribution in [0.4, 0.5) is 11.4 Å². The molecule has 1 aromatic carbocycles. The van der Waals surface area contributed by atoms with Crippen molar-refractivity contribution in [3.8, 4) is 0 Å². The number of thioether (sulfide) groups is 1. The van der Waals surface area contributed by atoms with Gasteiger partial charge in [-0.05, 0) is 25.5 Å². The lowest BCUT2D eigenvalue weighted by Gasteiger charge is -2.27. The van der Waals surface area contributed by atoms with E-state index in [1.807, 2.05) is 30.8 Å². The Morgan fingerprint density at radius 2 is 2.19 bits per heavy atom. The number of nitrogens with two attached hydrogens (primary N) is 1. The molecule has 0 aromatic heterocycles. The molecule has 116 valence electrons. The normalized spacial score (nSPS) is 18.1. The molecule has 4 nitrogen and oxygen atoms in total. The van der Waals surface area contributed by atoms with E-state index in [1.165, 1.54) is 0 Å². The van der Waals surface area contributed by atoms with Crippen LogP contribution in [0.1, 0.15) is 37.6 Å². The molecule has 21 heavy (non-hydrogen) atoms. The Balaban J connectivity index is 2.32. The molecule has 1 aliphatic rings. The van der Waals surface area contributed by atoms with Gasteiger partial charge in [-0.25, -0.2) is 4.79 Å².